The summed E-state index contributed by atoms with van der Waals surface area (Å²) in [4.78, 5) is 0. The molecular weight excluding hydrogens is 284 g/mol. The average molecular weight is 301 g/mol. The number of halogens is 1. The number of hydrogen-bond donors (Lipinski definition) is 1. The first-order valence-electron chi connectivity index (χ1n) is 6.72. The van der Waals surface area contributed by atoms with Gasteiger partial charge >= 0.3 is 0 Å². The Morgan fingerprint density at radius 1 is 1.24 bits per heavy atom. The van der Waals surface area contributed by atoms with Crippen LogP contribution in [-0.2, 0) is 6.61 Å². The summed E-state index contributed by atoms with van der Waals surface area (Å²) in [6, 6.07) is 15.4. The summed E-state index contributed by atoms with van der Waals surface area (Å²) >= 11 is 6.25. The van der Waals surface area contributed by atoms with Crippen LogP contribution in [0.1, 0.15) is 29.7 Å². The van der Waals surface area contributed by atoms with Crippen LogP contribution in [0.25, 0.3) is 0 Å². The van der Waals surface area contributed by atoms with Crippen molar-refractivity contribution in [2.24, 2.45) is 0 Å². The van der Waals surface area contributed by atoms with Crippen LogP contribution < -0.4 is 10.1 Å². The van der Waals surface area contributed by atoms with Crippen molar-refractivity contribution in [1.82, 2.24) is 5.32 Å². The molecule has 1 unspecified atom stereocenters. The number of rotatable bonds is 5. The van der Waals surface area contributed by atoms with Gasteiger partial charge in [-0.1, -0.05) is 29.8 Å². The molecule has 1 atom stereocenters. The van der Waals surface area contributed by atoms with Crippen LogP contribution in [0.4, 0.5) is 0 Å². The number of benzene rings is 2. The van der Waals surface area contributed by atoms with Crippen molar-refractivity contribution >= 4 is 11.6 Å². The molecule has 21 heavy (non-hydrogen) atoms. The van der Waals surface area contributed by atoms with E-state index in [9.17, 15) is 0 Å². The van der Waals surface area contributed by atoms with Gasteiger partial charge in [-0.3, -0.25) is 0 Å². The highest BCUT2D eigenvalue weighted by atomic mass is 35.5. The molecule has 0 aliphatic carbocycles. The topological polar surface area (TPSA) is 45.0 Å². The maximum Gasteiger partial charge on any atom is 0.138 e. The van der Waals surface area contributed by atoms with Crippen molar-refractivity contribution in [2.45, 2.75) is 19.6 Å². The first-order chi connectivity index (χ1) is 10.1. The van der Waals surface area contributed by atoms with Gasteiger partial charge in [0, 0.05) is 6.04 Å². The first kappa shape index (κ1) is 15.4. The summed E-state index contributed by atoms with van der Waals surface area (Å²) in [6.45, 7) is 2.50. The van der Waals surface area contributed by atoms with Gasteiger partial charge in [-0.15, -0.1) is 0 Å². The van der Waals surface area contributed by atoms with Gasteiger partial charge in [-0.2, -0.15) is 5.26 Å². The lowest BCUT2D eigenvalue weighted by atomic mass is 10.1. The molecule has 0 amide bonds. The molecule has 0 aromatic heterocycles. The van der Waals surface area contributed by atoms with E-state index in [4.69, 9.17) is 21.6 Å². The van der Waals surface area contributed by atoms with Crippen LogP contribution in [0.15, 0.2) is 42.5 Å². The zero-order chi connectivity index (χ0) is 15.2. The molecule has 0 heterocycles. The van der Waals surface area contributed by atoms with E-state index in [1.165, 1.54) is 0 Å². The van der Waals surface area contributed by atoms with Crippen molar-refractivity contribution in [3.63, 3.8) is 0 Å². The smallest absolute Gasteiger partial charge is 0.138 e. The fourth-order valence-corrected chi connectivity index (χ4v) is 2.15. The third-order valence-corrected chi connectivity index (χ3v) is 3.66. The lowest BCUT2D eigenvalue weighted by molar-refractivity contribution is 0.306. The van der Waals surface area contributed by atoms with Crippen molar-refractivity contribution in [1.29, 1.82) is 5.26 Å². The fourth-order valence-electron chi connectivity index (χ4n) is 1.91. The summed E-state index contributed by atoms with van der Waals surface area (Å²) in [5.74, 6) is 0.660. The molecule has 2 rings (SSSR count). The van der Waals surface area contributed by atoms with E-state index in [1.807, 2.05) is 37.4 Å². The van der Waals surface area contributed by atoms with Gasteiger partial charge in [-0.25, -0.2) is 0 Å². The second kappa shape index (κ2) is 7.12. The highest BCUT2D eigenvalue weighted by Gasteiger charge is 2.07. The Morgan fingerprint density at radius 2 is 1.95 bits per heavy atom. The normalized spacial score (nSPS) is 11.7. The number of ether oxygens (including phenoxy) is 1. The molecule has 0 radical (unpaired) electrons. The molecule has 108 valence electrons. The van der Waals surface area contributed by atoms with Crippen molar-refractivity contribution in [2.75, 3.05) is 7.05 Å². The molecule has 0 aliphatic heterocycles. The predicted molar refractivity (Wildman–Crippen MR) is 84.4 cm³/mol. The third-order valence-electron chi connectivity index (χ3n) is 3.37. The van der Waals surface area contributed by atoms with Crippen LogP contribution in [0.3, 0.4) is 0 Å². The van der Waals surface area contributed by atoms with Crippen LogP contribution >= 0.6 is 11.6 Å². The van der Waals surface area contributed by atoms with E-state index < -0.39 is 0 Å². The highest BCUT2D eigenvalue weighted by molar-refractivity contribution is 6.32. The van der Waals surface area contributed by atoms with Gasteiger partial charge in [0.25, 0.3) is 0 Å². The van der Waals surface area contributed by atoms with E-state index in [0.29, 0.717) is 22.9 Å². The second-order valence-corrected chi connectivity index (χ2v) is 5.20. The summed E-state index contributed by atoms with van der Waals surface area (Å²) in [6.07, 6.45) is 0. The van der Waals surface area contributed by atoms with Crippen molar-refractivity contribution in [3.8, 4) is 11.8 Å². The largest absolute Gasteiger partial charge is 0.487 e. The Morgan fingerprint density at radius 3 is 2.52 bits per heavy atom. The number of nitriles is 1. The Labute approximate surface area is 130 Å². The molecule has 1 N–H and O–H groups in total. The minimum Gasteiger partial charge on any atom is -0.487 e. The quantitative estimate of drug-likeness (QED) is 0.905. The summed E-state index contributed by atoms with van der Waals surface area (Å²) < 4.78 is 5.73. The molecule has 2 aromatic rings. The molecule has 0 aliphatic rings. The zero-order valence-corrected chi connectivity index (χ0v) is 12.8. The number of nitrogens with one attached hydrogen (secondary N) is 1. The van der Waals surface area contributed by atoms with Gasteiger partial charge in [0.15, 0.2) is 0 Å². The van der Waals surface area contributed by atoms with Crippen molar-refractivity contribution in [3.05, 3.63) is 64.2 Å². The molecular formula is C17H17ClN2O. The van der Waals surface area contributed by atoms with Gasteiger partial charge in [-0.05, 0) is 49.4 Å². The fraction of sp³-hybridized carbons (Fsp3) is 0.235. The highest BCUT2D eigenvalue weighted by Crippen LogP contribution is 2.28. The maximum absolute atomic E-state index is 8.76. The molecule has 2 aromatic carbocycles. The average Bonchev–Trinajstić information content (AvgIpc) is 2.53. The number of hydrogen-bond acceptors (Lipinski definition) is 3. The standard InChI is InChI=1S/C17H17ClN2O/c1-12(20-2)15-7-8-17(16(18)9-15)21-11-14-5-3-13(10-19)4-6-14/h3-9,12,20H,11H2,1-2H3. The molecule has 0 spiro atoms. The van der Waals surface area contributed by atoms with Crippen LogP contribution in [0.5, 0.6) is 5.75 Å². The molecule has 0 saturated heterocycles. The second-order valence-electron chi connectivity index (χ2n) is 4.80. The molecule has 4 heteroatoms. The van der Waals surface area contributed by atoms with Crippen LogP contribution in [0.2, 0.25) is 5.02 Å². The van der Waals surface area contributed by atoms with Crippen LogP contribution in [-0.4, -0.2) is 7.05 Å². The first-order valence-corrected chi connectivity index (χ1v) is 7.10. The Bertz CT molecular complexity index is 647. The summed E-state index contributed by atoms with van der Waals surface area (Å²) in [5, 5.41) is 12.5. The van der Waals surface area contributed by atoms with E-state index >= 15 is 0 Å². The Kier molecular flexibility index (Phi) is 5.21. The number of nitrogens with zero attached hydrogens (tertiary/aromatic N) is 1. The van der Waals surface area contributed by atoms with Gasteiger partial charge in [0.1, 0.15) is 12.4 Å². The van der Waals surface area contributed by atoms with E-state index in [1.54, 1.807) is 12.1 Å². The van der Waals surface area contributed by atoms with Crippen LogP contribution in [0, 0.1) is 11.3 Å². The van der Waals surface area contributed by atoms with E-state index in [0.717, 1.165) is 11.1 Å². The zero-order valence-electron chi connectivity index (χ0n) is 12.1. The SMILES string of the molecule is CNC(C)c1ccc(OCc2ccc(C#N)cc2)c(Cl)c1. The molecule has 0 fully saturated rings. The predicted octanol–water partition coefficient (Wildman–Crippen LogP) is 4.07. The maximum atomic E-state index is 8.76. The minimum atomic E-state index is 0.245. The summed E-state index contributed by atoms with van der Waals surface area (Å²) in [7, 11) is 1.91. The molecule has 3 nitrogen and oxygen atoms in total. The Hall–Kier alpha value is -2.02. The van der Waals surface area contributed by atoms with Gasteiger partial charge < -0.3 is 10.1 Å². The third kappa shape index (κ3) is 3.98. The minimum absolute atomic E-state index is 0.245. The van der Waals surface area contributed by atoms with E-state index in [2.05, 4.69) is 18.3 Å². The molecule has 0 saturated carbocycles. The van der Waals surface area contributed by atoms with E-state index in [-0.39, 0.29) is 6.04 Å². The Balaban J connectivity index is 2.04. The lowest BCUT2D eigenvalue weighted by Gasteiger charge is -2.13. The lowest BCUT2D eigenvalue weighted by Crippen LogP contribution is -2.12. The molecule has 0 bridgehead atoms. The van der Waals surface area contributed by atoms with Crippen molar-refractivity contribution < 1.29 is 4.74 Å². The van der Waals surface area contributed by atoms with Gasteiger partial charge in [0.2, 0.25) is 0 Å². The monoisotopic (exact) mass is 300 g/mol. The summed E-state index contributed by atoms with van der Waals surface area (Å²) in [5.41, 5.74) is 2.76. The van der Waals surface area contributed by atoms with Gasteiger partial charge in [0.05, 0.1) is 16.7 Å².